The number of benzene rings is 1. The van der Waals surface area contributed by atoms with Crippen LogP contribution in [0.1, 0.15) is 20.3 Å². The molecule has 0 aliphatic heterocycles. The molecule has 2 nitrogen and oxygen atoms in total. The molecule has 1 aromatic carbocycles. The molecule has 3 atom stereocenters. The normalized spacial score (nSPS) is 16.8. The van der Waals surface area contributed by atoms with Crippen LogP contribution in [-0.4, -0.2) is 22.5 Å². The van der Waals surface area contributed by atoms with Gasteiger partial charge in [-0.05, 0) is 48.5 Å². The minimum atomic E-state index is -0.949. The molecule has 0 amide bonds. The fourth-order valence-electron chi connectivity index (χ4n) is 1.53. The van der Waals surface area contributed by atoms with Crippen LogP contribution >= 0.6 is 15.9 Å². The van der Waals surface area contributed by atoms with Crippen LogP contribution in [0, 0.1) is 0 Å². The summed E-state index contributed by atoms with van der Waals surface area (Å²) in [5.74, 6) is 0. The highest BCUT2D eigenvalue weighted by Crippen LogP contribution is 2.23. The second kappa shape index (κ2) is 6.52. The van der Waals surface area contributed by atoms with E-state index in [0.717, 1.165) is 15.8 Å². The van der Waals surface area contributed by atoms with E-state index in [1.54, 1.807) is 0 Å². The molecule has 4 heteroatoms. The van der Waals surface area contributed by atoms with E-state index in [1.807, 2.05) is 38.2 Å². The van der Waals surface area contributed by atoms with Gasteiger partial charge in [0.25, 0.3) is 0 Å². The Hall–Kier alpha value is -0.190. The van der Waals surface area contributed by atoms with Gasteiger partial charge in [-0.2, -0.15) is 0 Å². The zero-order valence-electron chi connectivity index (χ0n) is 9.87. The monoisotopic (exact) mass is 303 g/mol. The Morgan fingerprint density at radius 3 is 2.56 bits per heavy atom. The lowest BCUT2D eigenvalue weighted by molar-refractivity contribution is 0.554. The second-order valence-electron chi connectivity index (χ2n) is 3.96. The standard InChI is InChI=1S/C12H18BrNOS/c1-9(14-3)8-10(2)16(15)12-7-5-4-6-11(12)13/h4-7,9-10,14H,8H2,1-3H3. The van der Waals surface area contributed by atoms with Gasteiger partial charge in [-0.25, -0.2) is 0 Å². The van der Waals surface area contributed by atoms with E-state index in [2.05, 4.69) is 28.2 Å². The Bertz CT molecular complexity index is 370. The summed E-state index contributed by atoms with van der Waals surface area (Å²) in [6.07, 6.45) is 0.907. The van der Waals surface area contributed by atoms with E-state index in [9.17, 15) is 4.21 Å². The molecule has 1 N–H and O–H groups in total. The Morgan fingerprint density at radius 2 is 2.00 bits per heavy atom. The molecular formula is C12H18BrNOS. The maximum Gasteiger partial charge on any atom is 0.0570 e. The molecule has 0 radical (unpaired) electrons. The van der Waals surface area contributed by atoms with Crippen LogP contribution in [0.25, 0.3) is 0 Å². The van der Waals surface area contributed by atoms with Crippen molar-refractivity contribution in [3.05, 3.63) is 28.7 Å². The average Bonchev–Trinajstić information content (AvgIpc) is 2.28. The smallest absolute Gasteiger partial charge is 0.0570 e. The Morgan fingerprint density at radius 1 is 1.38 bits per heavy atom. The van der Waals surface area contributed by atoms with Crippen molar-refractivity contribution in [3.8, 4) is 0 Å². The summed E-state index contributed by atoms with van der Waals surface area (Å²) in [5, 5.41) is 3.32. The average molecular weight is 304 g/mol. The van der Waals surface area contributed by atoms with Crippen molar-refractivity contribution < 1.29 is 4.21 Å². The summed E-state index contributed by atoms with van der Waals surface area (Å²) in [6, 6.07) is 8.10. The zero-order chi connectivity index (χ0) is 12.1. The third-order valence-corrected chi connectivity index (χ3v) is 5.26. The molecule has 0 aliphatic rings. The van der Waals surface area contributed by atoms with Gasteiger partial charge in [-0.3, -0.25) is 4.21 Å². The predicted molar refractivity (Wildman–Crippen MR) is 73.2 cm³/mol. The van der Waals surface area contributed by atoms with Crippen LogP contribution in [0.15, 0.2) is 33.6 Å². The maximum atomic E-state index is 12.3. The van der Waals surface area contributed by atoms with E-state index < -0.39 is 10.8 Å². The highest BCUT2D eigenvalue weighted by Gasteiger charge is 2.17. The molecule has 0 fully saturated rings. The predicted octanol–water partition coefficient (Wildman–Crippen LogP) is 2.94. The number of halogens is 1. The molecule has 1 rings (SSSR count). The molecule has 0 bridgehead atoms. The van der Waals surface area contributed by atoms with Crippen molar-refractivity contribution in [2.45, 2.75) is 36.5 Å². The van der Waals surface area contributed by atoms with Crippen LogP contribution < -0.4 is 5.32 Å². The Labute approximate surface area is 108 Å². The SMILES string of the molecule is CNC(C)CC(C)S(=O)c1ccccc1Br. The first-order valence-electron chi connectivity index (χ1n) is 5.38. The third-order valence-electron chi connectivity index (χ3n) is 2.60. The molecule has 0 aromatic heterocycles. The molecule has 0 saturated heterocycles. The van der Waals surface area contributed by atoms with Gasteiger partial charge in [-0.15, -0.1) is 0 Å². The van der Waals surface area contributed by atoms with Gasteiger partial charge in [0.1, 0.15) is 0 Å². The van der Waals surface area contributed by atoms with E-state index >= 15 is 0 Å². The molecule has 0 saturated carbocycles. The summed E-state index contributed by atoms with van der Waals surface area (Å²) < 4.78 is 13.2. The van der Waals surface area contributed by atoms with Crippen LogP contribution in [-0.2, 0) is 10.8 Å². The Kier molecular flexibility index (Phi) is 5.66. The third kappa shape index (κ3) is 3.68. The van der Waals surface area contributed by atoms with Gasteiger partial charge < -0.3 is 5.32 Å². The molecule has 3 unspecified atom stereocenters. The second-order valence-corrected chi connectivity index (χ2v) is 6.66. The number of rotatable bonds is 5. The lowest BCUT2D eigenvalue weighted by Crippen LogP contribution is -2.27. The van der Waals surface area contributed by atoms with Crippen LogP contribution in [0.5, 0.6) is 0 Å². The Balaban J connectivity index is 2.75. The van der Waals surface area contributed by atoms with E-state index in [1.165, 1.54) is 0 Å². The van der Waals surface area contributed by atoms with Crippen molar-refractivity contribution in [2.24, 2.45) is 0 Å². The van der Waals surface area contributed by atoms with E-state index in [-0.39, 0.29) is 5.25 Å². The van der Waals surface area contributed by atoms with E-state index in [0.29, 0.717) is 6.04 Å². The van der Waals surface area contributed by atoms with Crippen molar-refractivity contribution in [2.75, 3.05) is 7.05 Å². The van der Waals surface area contributed by atoms with Crippen molar-refractivity contribution >= 4 is 26.7 Å². The maximum absolute atomic E-state index is 12.3. The first kappa shape index (κ1) is 13.9. The van der Waals surface area contributed by atoms with Crippen LogP contribution in [0.4, 0.5) is 0 Å². The minimum absolute atomic E-state index is 0.154. The highest BCUT2D eigenvalue weighted by atomic mass is 79.9. The van der Waals surface area contributed by atoms with Crippen LogP contribution in [0.2, 0.25) is 0 Å². The quantitative estimate of drug-likeness (QED) is 0.906. The molecule has 90 valence electrons. The van der Waals surface area contributed by atoms with Gasteiger partial charge in [0, 0.05) is 15.8 Å². The largest absolute Gasteiger partial charge is 0.317 e. The van der Waals surface area contributed by atoms with Crippen molar-refractivity contribution in [1.29, 1.82) is 0 Å². The molecule has 0 heterocycles. The van der Waals surface area contributed by atoms with E-state index in [4.69, 9.17) is 0 Å². The molecule has 0 aliphatic carbocycles. The first-order valence-corrected chi connectivity index (χ1v) is 7.39. The minimum Gasteiger partial charge on any atom is -0.317 e. The zero-order valence-corrected chi connectivity index (χ0v) is 12.3. The summed E-state index contributed by atoms with van der Waals surface area (Å²) in [5.41, 5.74) is 0. The molecule has 1 aromatic rings. The molecule has 16 heavy (non-hydrogen) atoms. The van der Waals surface area contributed by atoms with Crippen LogP contribution in [0.3, 0.4) is 0 Å². The fourth-order valence-corrected chi connectivity index (χ4v) is 3.66. The van der Waals surface area contributed by atoms with Gasteiger partial charge in [0.15, 0.2) is 0 Å². The van der Waals surface area contributed by atoms with Gasteiger partial charge in [0.2, 0.25) is 0 Å². The summed E-state index contributed by atoms with van der Waals surface area (Å²) in [6.45, 7) is 4.14. The highest BCUT2D eigenvalue weighted by molar-refractivity contribution is 9.10. The lowest BCUT2D eigenvalue weighted by Gasteiger charge is -2.17. The number of hydrogen-bond donors (Lipinski definition) is 1. The van der Waals surface area contributed by atoms with Gasteiger partial charge >= 0.3 is 0 Å². The summed E-state index contributed by atoms with van der Waals surface area (Å²) >= 11 is 3.44. The number of hydrogen-bond acceptors (Lipinski definition) is 2. The topological polar surface area (TPSA) is 29.1 Å². The van der Waals surface area contributed by atoms with Gasteiger partial charge in [0.05, 0.1) is 15.7 Å². The fraction of sp³-hybridized carbons (Fsp3) is 0.500. The van der Waals surface area contributed by atoms with Crippen molar-refractivity contribution in [3.63, 3.8) is 0 Å². The number of nitrogens with one attached hydrogen (secondary N) is 1. The van der Waals surface area contributed by atoms with Crippen molar-refractivity contribution in [1.82, 2.24) is 5.32 Å². The molecule has 0 spiro atoms. The van der Waals surface area contributed by atoms with Gasteiger partial charge in [-0.1, -0.05) is 19.1 Å². The summed E-state index contributed by atoms with van der Waals surface area (Å²) in [4.78, 5) is 0.887. The summed E-state index contributed by atoms with van der Waals surface area (Å²) in [7, 11) is 0.981. The molecular weight excluding hydrogens is 286 g/mol. The first-order chi connectivity index (χ1) is 7.56. The lowest BCUT2D eigenvalue weighted by atomic mass is 10.2.